The van der Waals surface area contributed by atoms with Gasteiger partial charge in [0.2, 0.25) is 0 Å². The zero-order chi connectivity index (χ0) is 15.4. The molecule has 0 aromatic heterocycles. The van der Waals surface area contributed by atoms with E-state index in [1.165, 1.54) is 6.42 Å². The summed E-state index contributed by atoms with van der Waals surface area (Å²) in [7, 11) is 1.60. The highest BCUT2D eigenvalue weighted by atomic mass is 16.5. The molecule has 3 heteroatoms. The van der Waals surface area contributed by atoms with Crippen molar-refractivity contribution in [2.45, 2.75) is 52.9 Å². The molecule has 0 amide bonds. The van der Waals surface area contributed by atoms with E-state index in [2.05, 4.69) is 13.8 Å². The molecule has 0 aliphatic heterocycles. The molecule has 0 heterocycles. The van der Waals surface area contributed by atoms with Crippen LogP contribution in [0.5, 0.6) is 5.75 Å². The van der Waals surface area contributed by atoms with Gasteiger partial charge < -0.3 is 9.53 Å². The Morgan fingerprint density at radius 2 is 1.50 bits per heavy atom. The van der Waals surface area contributed by atoms with Crippen molar-refractivity contribution in [3.63, 3.8) is 0 Å². The first kappa shape index (κ1) is 18.4. The summed E-state index contributed by atoms with van der Waals surface area (Å²) in [6.45, 7) is 5.82. The number of carbonyl (C=O) groups excluding carboxylic acids is 2. The predicted octanol–water partition coefficient (Wildman–Crippen LogP) is 4.44. The van der Waals surface area contributed by atoms with Crippen LogP contribution in [-0.4, -0.2) is 18.7 Å². The molecule has 0 aliphatic rings. The van der Waals surface area contributed by atoms with Gasteiger partial charge in [-0.15, -0.1) is 0 Å². The smallest absolute Gasteiger partial charge is 0.162 e. The topological polar surface area (TPSA) is 43.4 Å². The van der Waals surface area contributed by atoms with Gasteiger partial charge in [-0.2, -0.15) is 0 Å². The van der Waals surface area contributed by atoms with Crippen molar-refractivity contribution in [3.05, 3.63) is 29.8 Å². The zero-order valence-electron chi connectivity index (χ0n) is 13.1. The number of rotatable bonds is 7. The normalized spacial score (nSPS) is 9.40. The summed E-state index contributed by atoms with van der Waals surface area (Å²) in [4.78, 5) is 22.5. The van der Waals surface area contributed by atoms with E-state index < -0.39 is 0 Å². The third-order valence-corrected chi connectivity index (χ3v) is 2.59. The highest BCUT2D eigenvalue weighted by molar-refractivity contribution is 5.96. The van der Waals surface area contributed by atoms with Crippen LogP contribution < -0.4 is 4.74 Å². The van der Waals surface area contributed by atoms with Crippen LogP contribution in [0, 0.1) is 0 Å². The van der Waals surface area contributed by atoms with E-state index >= 15 is 0 Å². The van der Waals surface area contributed by atoms with Crippen molar-refractivity contribution >= 4 is 11.6 Å². The molecule has 1 aromatic rings. The molecule has 112 valence electrons. The SMILES string of the molecule is CCC.COc1ccc(C(=O)CCCCC(C)=O)cc1. The molecular weight excluding hydrogens is 252 g/mol. The van der Waals surface area contributed by atoms with Crippen molar-refractivity contribution in [2.24, 2.45) is 0 Å². The van der Waals surface area contributed by atoms with Crippen molar-refractivity contribution in [3.8, 4) is 5.75 Å². The van der Waals surface area contributed by atoms with Crippen LogP contribution in [-0.2, 0) is 4.79 Å². The fourth-order valence-corrected chi connectivity index (χ4v) is 1.58. The van der Waals surface area contributed by atoms with Crippen LogP contribution in [0.1, 0.15) is 63.2 Å². The first-order chi connectivity index (χ1) is 9.54. The van der Waals surface area contributed by atoms with Crippen LogP contribution in [0.3, 0.4) is 0 Å². The number of ether oxygens (including phenoxy) is 1. The molecule has 1 aromatic carbocycles. The van der Waals surface area contributed by atoms with Gasteiger partial charge in [-0.25, -0.2) is 0 Å². The lowest BCUT2D eigenvalue weighted by atomic mass is 10.0. The number of methoxy groups -OCH3 is 1. The number of hydrogen-bond donors (Lipinski definition) is 0. The Morgan fingerprint density at radius 1 is 1.00 bits per heavy atom. The van der Waals surface area contributed by atoms with Crippen LogP contribution in [0.15, 0.2) is 24.3 Å². The van der Waals surface area contributed by atoms with Gasteiger partial charge in [0.05, 0.1) is 7.11 Å². The monoisotopic (exact) mass is 278 g/mol. The predicted molar refractivity (Wildman–Crippen MR) is 82.4 cm³/mol. The van der Waals surface area contributed by atoms with Crippen LogP contribution in [0.25, 0.3) is 0 Å². The second-order valence-electron chi connectivity index (χ2n) is 4.77. The van der Waals surface area contributed by atoms with Crippen LogP contribution in [0.2, 0.25) is 0 Å². The number of ketones is 2. The first-order valence-electron chi connectivity index (χ1n) is 7.21. The van der Waals surface area contributed by atoms with Gasteiger partial charge in [-0.1, -0.05) is 20.3 Å². The lowest BCUT2D eigenvalue weighted by molar-refractivity contribution is -0.117. The quantitative estimate of drug-likeness (QED) is 0.547. The minimum Gasteiger partial charge on any atom is -0.497 e. The standard InChI is InChI=1S/C14H18O3.C3H8/c1-11(15)5-3-4-6-14(16)12-7-9-13(17-2)10-8-12;1-3-2/h7-10H,3-6H2,1-2H3;3H2,1-2H3. The van der Waals surface area contributed by atoms with E-state index in [0.29, 0.717) is 18.4 Å². The fourth-order valence-electron chi connectivity index (χ4n) is 1.58. The molecule has 0 saturated heterocycles. The third-order valence-electron chi connectivity index (χ3n) is 2.59. The Kier molecular flexibility index (Phi) is 10.3. The maximum atomic E-state index is 11.8. The average molecular weight is 278 g/mol. The molecule has 0 bridgehead atoms. The Labute approximate surface area is 122 Å². The van der Waals surface area contributed by atoms with Gasteiger partial charge in [-0.3, -0.25) is 4.79 Å². The second-order valence-corrected chi connectivity index (χ2v) is 4.77. The van der Waals surface area contributed by atoms with Gasteiger partial charge in [0.15, 0.2) is 5.78 Å². The summed E-state index contributed by atoms with van der Waals surface area (Å²) in [5, 5.41) is 0. The molecule has 0 radical (unpaired) electrons. The van der Waals surface area contributed by atoms with Crippen LogP contribution in [0.4, 0.5) is 0 Å². The van der Waals surface area contributed by atoms with E-state index in [-0.39, 0.29) is 11.6 Å². The molecule has 0 N–H and O–H groups in total. The first-order valence-corrected chi connectivity index (χ1v) is 7.21. The number of carbonyl (C=O) groups is 2. The third kappa shape index (κ3) is 8.46. The Morgan fingerprint density at radius 3 is 1.95 bits per heavy atom. The van der Waals surface area contributed by atoms with E-state index in [0.717, 1.165) is 18.6 Å². The Hall–Kier alpha value is -1.64. The van der Waals surface area contributed by atoms with Gasteiger partial charge >= 0.3 is 0 Å². The van der Waals surface area contributed by atoms with Gasteiger partial charge in [0.25, 0.3) is 0 Å². The highest BCUT2D eigenvalue weighted by Crippen LogP contribution is 2.14. The second kappa shape index (κ2) is 11.2. The summed E-state index contributed by atoms with van der Waals surface area (Å²) in [6, 6.07) is 7.10. The van der Waals surface area contributed by atoms with E-state index in [1.807, 2.05) is 0 Å². The molecule has 0 saturated carbocycles. The molecule has 0 spiro atoms. The van der Waals surface area contributed by atoms with E-state index in [9.17, 15) is 9.59 Å². The number of Topliss-reactive ketones (excluding diaryl/α,β-unsaturated/α-hetero) is 2. The van der Waals surface area contributed by atoms with Crippen molar-refractivity contribution in [1.29, 1.82) is 0 Å². The minimum atomic E-state index is 0.121. The van der Waals surface area contributed by atoms with Crippen molar-refractivity contribution < 1.29 is 14.3 Å². The van der Waals surface area contributed by atoms with Crippen molar-refractivity contribution in [1.82, 2.24) is 0 Å². The summed E-state index contributed by atoms with van der Waals surface area (Å²) in [6.07, 6.45) is 3.87. The Balaban J connectivity index is 0.00000110. The zero-order valence-corrected chi connectivity index (χ0v) is 13.1. The molecule has 0 unspecified atom stereocenters. The number of hydrogen-bond acceptors (Lipinski definition) is 3. The van der Waals surface area contributed by atoms with Gasteiger partial charge in [0, 0.05) is 18.4 Å². The average Bonchev–Trinajstić information content (AvgIpc) is 2.44. The maximum Gasteiger partial charge on any atom is 0.162 e. The molecule has 3 nitrogen and oxygen atoms in total. The fraction of sp³-hybridized carbons (Fsp3) is 0.529. The number of benzene rings is 1. The molecule has 0 aliphatic carbocycles. The van der Waals surface area contributed by atoms with Crippen LogP contribution >= 0.6 is 0 Å². The summed E-state index contributed by atoms with van der Waals surface area (Å²) in [5.74, 6) is 1.05. The van der Waals surface area contributed by atoms with Gasteiger partial charge in [0.1, 0.15) is 11.5 Å². The lowest BCUT2D eigenvalue weighted by Crippen LogP contribution is -1.99. The lowest BCUT2D eigenvalue weighted by Gasteiger charge is -2.02. The molecule has 20 heavy (non-hydrogen) atoms. The summed E-state index contributed by atoms with van der Waals surface area (Å²) >= 11 is 0. The molecule has 0 fully saturated rings. The van der Waals surface area contributed by atoms with Gasteiger partial charge in [-0.05, 0) is 44.0 Å². The molecule has 0 atom stereocenters. The van der Waals surface area contributed by atoms with E-state index in [4.69, 9.17) is 4.74 Å². The number of unbranched alkanes of at least 4 members (excludes halogenated alkanes) is 1. The van der Waals surface area contributed by atoms with E-state index in [1.54, 1.807) is 38.3 Å². The minimum absolute atomic E-state index is 0.121. The maximum absolute atomic E-state index is 11.8. The highest BCUT2D eigenvalue weighted by Gasteiger charge is 2.05. The summed E-state index contributed by atoms with van der Waals surface area (Å²) < 4.78 is 5.03. The summed E-state index contributed by atoms with van der Waals surface area (Å²) in [5.41, 5.74) is 0.702. The largest absolute Gasteiger partial charge is 0.497 e. The molecular formula is C17H26O3. The molecule has 1 rings (SSSR count). The van der Waals surface area contributed by atoms with Crippen molar-refractivity contribution in [2.75, 3.05) is 7.11 Å². The Bertz CT molecular complexity index is 393.